The fourth-order valence-electron chi connectivity index (χ4n) is 1.55. The van der Waals surface area contributed by atoms with Crippen molar-refractivity contribution in [2.45, 2.75) is 6.92 Å². The lowest BCUT2D eigenvalue weighted by molar-refractivity contribution is 0.413. The Bertz CT molecular complexity index is 606. The molecule has 2 nitrogen and oxygen atoms in total. The van der Waals surface area contributed by atoms with E-state index in [0.717, 1.165) is 11.1 Å². The standard InChI is InChI=1S/C15H12FNO/c1-11-5-12(7-14(16)6-11)3-4-13-8-15(18-2)10-17-9-13/h5-10H,1-2H3. The number of benzene rings is 1. The molecule has 0 saturated carbocycles. The van der Waals surface area contributed by atoms with Crippen molar-refractivity contribution in [3.8, 4) is 17.6 Å². The van der Waals surface area contributed by atoms with Crippen LogP contribution in [-0.2, 0) is 0 Å². The van der Waals surface area contributed by atoms with Crippen LogP contribution in [0.4, 0.5) is 4.39 Å². The van der Waals surface area contributed by atoms with E-state index in [1.807, 2.05) is 13.0 Å². The lowest BCUT2D eigenvalue weighted by Crippen LogP contribution is -1.86. The van der Waals surface area contributed by atoms with E-state index < -0.39 is 0 Å². The van der Waals surface area contributed by atoms with Gasteiger partial charge in [0, 0.05) is 17.3 Å². The van der Waals surface area contributed by atoms with Crippen LogP contribution in [0.15, 0.2) is 36.7 Å². The molecule has 0 bridgehead atoms. The molecule has 0 spiro atoms. The Labute approximate surface area is 105 Å². The van der Waals surface area contributed by atoms with E-state index >= 15 is 0 Å². The van der Waals surface area contributed by atoms with Gasteiger partial charge >= 0.3 is 0 Å². The lowest BCUT2D eigenvalue weighted by atomic mass is 10.1. The van der Waals surface area contributed by atoms with Gasteiger partial charge in [-0.25, -0.2) is 4.39 Å². The van der Waals surface area contributed by atoms with Crippen LogP contribution in [-0.4, -0.2) is 12.1 Å². The van der Waals surface area contributed by atoms with Gasteiger partial charge in [0.15, 0.2) is 0 Å². The number of nitrogens with zero attached hydrogens (tertiary/aromatic N) is 1. The summed E-state index contributed by atoms with van der Waals surface area (Å²) in [7, 11) is 1.57. The number of hydrogen-bond donors (Lipinski definition) is 0. The topological polar surface area (TPSA) is 22.1 Å². The van der Waals surface area contributed by atoms with Gasteiger partial charge in [-0.3, -0.25) is 4.98 Å². The molecule has 3 heteroatoms. The zero-order valence-electron chi connectivity index (χ0n) is 10.2. The first-order valence-corrected chi connectivity index (χ1v) is 5.45. The number of aromatic nitrogens is 1. The molecule has 1 aromatic carbocycles. The molecule has 0 aliphatic heterocycles. The van der Waals surface area contributed by atoms with Crippen molar-refractivity contribution in [2.75, 3.05) is 7.11 Å². The second-order valence-corrected chi connectivity index (χ2v) is 3.88. The summed E-state index contributed by atoms with van der Waals surface area (Å²) in [5.74, 6) is 6.21. The number of hydrogen-bond acceptors (Lipinski definition) is 2. The molecule has 1 heterocycles. The molecule has 0 radical (unpaired) electrons. The Balaban J connectivity index is 2.30. The number of halogens is 1. The molecule has 18 heavy (non-hydrogen) atoms. The van der Waals surface area contributed by atoms with Gasteiger partial charge in [0.1, 0.15) is 11.6 Å². The van der Waals surface area contributed by atoms with Crippen LogP contribution in [0, 0.1) is 24.6 Å². The van der Waals surface area contributed by atoms with E-state index in [9.17, 15) is 4.39 Å². The van der Waals surface area contributed by atoms with Gasteiger partial charge in [0.05, 0.1) is 13.3 Å². The molecule has 0 atom stereocenters. The van der Waals surface area contributed by atoms with Crippen LogP contribution in [0.2, 0.25) is 0 Å². The molecular weight excluding hydrogens is 229 g/mol. The fourth-order valence-corrected chi connectivity index (χ4v) is 1.55. The van der Waals surface area contributed by atoms with Crippen LogP contribution < -0.4 is 4.74 Å². The smallest absolute Gasteiger partial charge is 0.138 e. The summed E-state index contributed by atoms with van der Waals surface area (Å²) in [6.07, 6.45) is 3.25. The van der Waals surface area contributed by atoms with Crippen molar-refractivity contribution in [3.05, 3.63) is 59.2 Å². The summed E-state index contributed by atoms with van der Waals surface area (Å²) in [4.78, 5) is 4.00. The van der Waals surface area contributed by atoms with Crippen LogP contribution in [0.3, 0.4) is 0 Å². The van der Waals surface area contributed by atoms with Gasteiger partial charge in [0.2, 0.25) is 0 Å². The summed E-state index contributed by atoms with van der Waals surface area (Å²) in [5, 5.41) is 0. The van der Waals surface area contributed by atoms with E-state index in [1.165, 1.54) is 12.1 Å². The van der Waals surface area contributed by atoms with Crippen molar-refractivity contribution < 1.29 is 9.13 Å². The van der Waals surface area contributed by atoms with Gasteiger partial charge in [-0.1, -0.05) is 11.8 Å². The maximum absolute atomic E-state index is 13.2. The summed E-state index contributed by atoms with van der Waals surface area (Å²) >= 11 is 0. The van der Waals surface area contributed by atoms with Gasteiger partial charge in [-0.05, 0) is 36.8 Å². The van der Waals surface area contributed by atoms with Crippen molar-refractivity contribution in [3.63, 3.8) is 0 Å². The third kappa shape index (κ3) is 3.08. The first-order chi connectivity index (χ1) is 8.67. The third-order valence-electron chi connectivity index (χ3n) is 2.34. The van der Waals surface area contributed by atoms with E-state index in [1.54, 1.807) is 25.6 Å². The monoisotopic (exact) mass is 241 g/mol. The first kappa shape index (κ1) is 12.1. The average molecular weight is 241 g/mol. The van der Waals surface area contributed by atoms with Crippen LogP contribution in [0.25, 0.3) is 0 Å². The summed E-state index contributed by atoms with van der Waals surface area (Å²) in [6.45, 7) is 1.83. The van der Waals surface area contributed by atoms with Gasteiger partial charge < -0.3 is 4.74 Å². The molecule has 0 amide bonds. The van der Waals surface area contributed by atoms with Crippen LogP contribution in [0.1, 0.15) is 16.7 Å². The third-order valence-corrected chi connectivity index (χ3v) is 2.34. The van der Waals surface area contributed by atoms with Crippen molar-refractivity contribution >= 4 is 0 Å². The maximum atomic E-state index is 13.2. The first-order valence-electron chi connectivity index (χ1n) is 5.45. The normalized spacial score (nSPS) is 9.50. The molecule has 90 valence electrons. The molecular formula is C15H12FNO. The molecule has 2 aromatic rings. The van der Waals surface area contributed by atoms with Crippen LogP contribution in [0.5, 0.6) is 5.75 Å². The number of rotatable bonds is 1. The fraction of sp³-hybridized carbons (Fsp3) is 0.133. The highest BCUT2D eigenvalue weighted by Crippen LogP contribution is 2.10. The Morgan fingerprint density at radius 3 is 2.56 bits per heavy atom. The largest absolute Gasteiger partial charge is 0.495 e. The predicted molar refractivity (Wildman–Crippen MR) is 67.9 cm³/mol. The zero-order valence-corrected chi connectivity index (χ0v) is 10.2. The Morgan fingerprint density at radius 2 is 1.83 bits per heavy atom. The van der Waals surface area contributed by atoms with Gasteiger partial charge in [-0.2, -0.15) is 0 Å². The lowest BCUT2D eigenvalue weighted by Gasteiger charge is -1.98. The summed E-state index contributed by atoms with van der Waals surface area (Å²) in [5.41, 5.74) is 2.23. The van der Waals surface area contributed by atoms with E-state index in [4.69, 9.17) is 4.74 Å². The molecule has 0 saturated heterocycles. The molecule has 0 aliphatic carbocycles. The quantitative estimate of drug-likeness (QED) is 0.716. The Hall–Kier alpha value is -2.34. The maximum Gasteiger partial charge on any atom is 0.138 e. The van der Waals surface area contributed by atoms with Crippen molar-refractivity contribution in [1.82, 2.24) is 4.98 Å². The number of aryl methyl sites for hydroxylation is 1. The highest BCUT2D eigenvalue weighted by Gasteiger charge is 1.96. The number of ether oxygens (including phenoxy) is 1. The average Bonchev–Trinajstić information content (AvgIpc) is 2.35. The molecule has 2 rings (SSSR count). The summed E-state index contributed by atoms with van der Waals surface area (Å²) in [6, 6.07) is 6.50. The zero-order chi connectivity index (χ0) is 13.0. The van der Waals surface area contributed by atoms with Crippen molar-refractivity contribution in [2.24, 2.45) is 0 Å². The number of methoxy groups -OCH3 is 1. The predicted octanol–water partition coefficient (Wildman–Crippen LogP) is 2.94. The minimum atomic E-state index is -0.275. The molecule has 0 N–H and O–H groups in total. The highest BCUT2D eigenvalue weighted by molar-refractivity contribution is 5.44. The van der Waals surface area contributed by atoms with Crippen molar-refractivity contribution in [1.29, 1.82) is 0 Å². The molecule has 1 aromatic heterocycles. The SMILES string of the molecule is COc1cncc(C#Cc2cc(C)cc(F)c2)c1. The second kappa shape index (κ2) is 5.33. The summed E-state index contributed by atoms with van der Waals surface area (Å²) < 4.78 is 18.2. The number of pyridine rings is 1. The minimum absolute atomic E-state index is 0.275. The van der Waals surface area contributed by atoms with Gasteiger partial charge in [0.25, 0.3) is 0 Å². The van der Waals surface area contributed by atoms with E-state index in [0.29, 0.717) is 11.3 Å². The van der Waals surface area contributed by atoms with E-state index in [2.05, 4.69) is 16.8 Å². The second-order valence-electron chi connectivity index (χ2n) is 3.88. The molecule has 0 fully saturated rings. The highest BCUT2D eigenvalue weighted by atomic mass is 19.1. The minimum Gasteiger partial charge on any atom is -0.495 e. The van der Waals surface area contributed by atoms with Gasteiger partial charge in [-0.15, -0.1) is 0 Å². The van der Waals surface area contributed by atoms with E-state index in [-0.39, 0.29) is 5.82 Å². The molecule has 0 unspecified atom stereocenters. The Morgan fingerprint density at radius 1 is 1.06 bits per heavy atom. The molecule has 0 aliphatic rings. The Kier molecular flexibility index (Phi) is 3.59. The van der Waals surface area contributed by atoms with Crippen LogP contribution >= 0.6 is 0 Å².